The van der Waals surface area contributed by atoms with Crippen molar-refractivity contribution in [3.63, 3.8) is 0 Å². The fourth-order valence-corrected chi connectivity index (χ4v) is 5.35. The van der Waals surface area contributed by atoms with E-state index in [2.05, 4.69) is 109 Å². The zero-order chi connectivity index (χ0) is 31.4. The number of H-pyrrole nitrogens is 1. The summed E-state index contributed by atoms with van der Waals surface area (Å²) in [4.78, 5) is 33.0. The van der Waals surface area contributed by atoms with Crippen LogP contribution in [0.25, 0.3) is 46.9 Å². The third-order valence-corrected chi connectivity index (χ3v) is 7.01. The first-order chi connectivity index (χ1) is 19.3. The van der Waals surface area contributed by atoms with Crippen LogP contribution in [0.1, 0.15) is 123 Å². The fourth-order valence-electron chi connectivity index (χ4n) is 5.35. The number of hydrogen-bond donors (Lipinski definition) is 1. The predicted octanol–water partition coefficient (Wildman–Crippen LogP) is 7.24. The standard InChI is InChI=1S/C32H42N8.O.V/c1-29(2,3)18-17-23-36-21-14-13-19(34-21)33-20-15-16-22(35-20)38-27-24(30(4,5)6)25(31(7,8)9)28(39-26(18)37-23)40(27)32(10,11)12;;/h13-17H,1-12H3,(H,33,34,35,36,37,38,39);;. The Morgan fingerprint density at radius 3 is 1.38 bits per heavy atom. The van der Waals surface area contributed by atoms with Crippen molar-refractivity contribution in [3.8, 4) is 0 Å². The van der Waals surface area contributed by atoms with Crippen LogP contribution in [-0.4, -0.2) is 39.5 Å². The quantitative estimate of drug-likeness (QED) is 0.198. The SMILES string of the molecule is CC(C)(C)c1cc2nc3nc(nc4nc(nc5c(C(C)(C)C)c(C(C)(C)C)c(nc1[nH]2)n5C(C)(C)C)C=C4)C=C3.[O]=[V]. The molecule has 2 aliphatic heterocycles. The summed E-state index contributed by atoms with van der Waals surface area (Å²) < 4.78 is 10.5. The number of aromatic amines is 1. The third-order valence-electron chi connectivity index (χ3n) is 7.01. The molecule has 0 saturated heterocycles. The molecule has 5 rings (SSSR count). The molecule has 8 bridgehead atoms. The Labute approximate surface area is 257 Å². The number of fused-ring (bicyclic) bond motifs is 8. The van der Waals surface area contributed by atoms with Crippen LogP contribution < -0.4 is 0 Å². The van der Waals surface area contributed by atoms with Crippen molar-refractivity contribution in [2.75, 3.05) is 0 Å². The van der Waals surface area contributed by atoms with E-state index in [0.717, 1.165) is 39.9 Å². The molecule has 2 aliphatic rings. The molecule has 0 aromatic carbocycles. The van der Waals surface area contributed by atoms with Crippen LogP contribution in [0.15, 0.2) is 6.07 Å². The van der Waals surface area contributed by atoms with Crippen molar-refractivity contribution >= 4 is 46.9 Å². The van der Waals surface area contributed by atoms with Crippen molar-refractivity contribution in [3.05, 3.63) is 46.1 Å². The van der Waals surface area contributed by atoms with Gasteiger partial charge in [0.2, 0.25) is 0 Å². The molecule has 0 radical (unpaired) electrons. The molecule has 10 heteroatoms. The van der Waals surface area contributed by atoms with E-state index in [-0.39, 0.29) is 21.8 Å². The first kappa shape index (κ1) is 31.6. The third kappa shape index (κ3) is 6.22. The van der Waals surface area contributed by atoms with Crippen LogP contribution >= 0.6 is 0 Å². The van der Waals surface area contributed by atoms with E-state index < -0.39 is 0 Å². The second-order valence-corrected chi connectivity index (χ2v) is 14.8. The molecular weight excluding hydrogens is 563 g/mol. The summed E-state index contributed by atoms with van der Waals surface area (Å²) in [6.07, 6.45) is 7.51. The van der Waals surface area contributed by atoms with E-state index in [4.69, 9.17) is 23.6 Å². The topological polar surface area (TPSA) is 115 Å². The van der Waals surface area contributed by atoms with Crippen LogP contribution in [-0.2, 0) is 42.8 Å². The Morgan fingerprint density at radius 2 is 0.976 bits per heavy atom. The Morgan fingerprint density at radius 1 is 0.571 bits per heavy atom. The second kappa shape index (κ2) is 10.8. The number of nitrogens with zero attached hydrogens (tertiary/aromatic N) is 7. The zero-order valence-corrected chi connectivity index (χ0v) is 28.3. The molecule has 0 aliphatic carbocycles. The van der Waals surface area contributed by atoms with E-state index in [1.807, 2.05) is 24.3 Å². The molecular formula is C32H42N8OV. The zero-order valence-electron chi connectivity index (χ0n) is 26.9. The van der Waals surface area contributed by atoms with Gasteiger partial charge in [0.25, 0.3) is 0 Å². The normalized spacial score (nSPS) is 13.7. The first-order valence-electron chi connectivity index (χ1n) is 14.2. The molecule has 1 N–H and O–H groups in total. The summed E-state index contributed by atoms with van der Waals surface area (Å²) in [6.45, 7) is 26.7. The van der Waals surface area contributed by atoms with Gasteiger partial charge in [-0.3, -0.25) is 0 Å². The number of rotatable bonds is 0. The maximum absolute atomic E-state index is 8.19. The Kier molecular flexibility index (Phi) is 8.11. The molecule has 5 heterocycles. The van der Waals surface area contributed by atoms with Crippen LogP contribution in [0.2, 0.25) is 0 Å². The Balaban J connectivity index is 0.00000198. The van der Waals surface area contributed by atoms with Gasteiger partial charge in [-0.1, -0.05) is 62.3 Å². The van der Waals surface area contributed by atoms with Crippen LogP contribution in [0.4, 0.5) is 0 Å². The van der Waals surface area contributed by atoms with Gasteiger partial charge in [0.15, 0.2) is 23.3 Å². The molecule has 3 aromatic rings. The van der Waals surface area contributed by atoms with E-state index in [1.54, 1.807) is 0 Å². The van der Waals surface area contributed by atoms with Crippen molar-refractivity contribution in [1.29, 1.82) is 0 Å². The summed E-state index contributed by atoms with van der Waals surface area (Å²) in [7, 11) is 0. The molecule has 0 unspecified atom stereocenters. The monoisotopic (exact) mass is 605 g/mol. The number of nitrogens with one attached hydrogen (secondary N) is 1. The van der Waals surface area contributed by atoms with Crippen LogP contribution in [0, 0.1) is 0 Å². The minimum atomic E-state index is -0.318. The molecule has 0 spiro atoms. The average Bonchev–Trinajstić information content (AvgIpc) is 3.60. The second-order valence-electron chi connectivity index (χ2n) is 14.8. The maximum atomic E-state index is 8.19. The summed E-state index contributed by atoms with van der Waals surface area (Å²) in [5.41, 5.74) is 5.84. The van der Waals surface area contributed by atoms with Crippen molar-refractivity contribution in [2.24, 2.45) is 0 Å². The van der Waals surface area contributed by atoms with Gasteiger partial charge >= 0.3 is 21.0 Å². The van der Waals surface area contributed by atoms with Gasteiger partial charge < -0.3 is 9.55 Å². The molecule has 0 fully saturated rings. The molecule has 0 amide bonds. The van der Waals surface area contributed by atoms with Crippen LogP contribution in [0.3, 0.4) is 0 Å². The number of aromatic nitrogens is 8. The molecule has 221 valence electrons. The molecule has 9 nitrogen and oxygen atoms in total. The van der Waals surface area contributed by atoms with Crippen molar-refractivity contribution in [1.82, 2.24) is 39.5 Å². The molecule has 3 aromatic heterocycles. The molecule has 0 atom stereocenters. The van der Waals surface area contributed by atoms with E-state index >= 15 is 0 Å². The predicted molar refractivity (Wildman–Crippen MR) is 165 cm³/mol. The van der Waals surface area contributed by atoms with Gasteiger partial charge in [0.1, 0.15) is 22.6 Å². The molecule has 42 heavy (non-hydrogen) atoms. The Bertz CT molecular complexity index is 1750. The van der Waals surface area contributed by atoms with E-state index in [9.17, 15) is 0 Å². The number of hydrogen-bond acceptors (Lipinski definition) is 7. The first-order valence-corrected chi connectivity index (χ1v) is 14.8. The van der Waals surface area contributed by atoms with Gasteiger partial charge in [0.05, 0.1) is 0 Å². The molecule has 0 saturated carbocycles. The van der Waals surface area contributed by atoms with Gasteiger partial charge in [0, 0.05) is 22.2 Å². The van der Waals surface area contributed by atoms with E-state index in [1.165, 1.54) is 11.1 Å². The summed E-state index contributed by atoms with van der Waals surface area (Å²) >= 11 is 1.06. The van der Waals surface area contributed by atoms with Crippen LogP contribution in [0.5, 0.6) is 0 Å². The summed E-state index contributed by atoms with van der Waals surface area (Å²) in [5.74, 6) is 2.33. The summed E-state index contributed by atoms with van der Waals surface area (Å²) in [6, 6.07) is 2.09. The average molecular weight is 606 g/mol. The van der Waals surface area contributed by atoms with Gasteiger partial charge in [-0.25, -0.2) is 29.9 Å². The van der Waals surface area contributed by atoms with E-state index in [0.29, 0.717) is 28.9 Å². The van der Waals surface area contributed by atoms with Gasteiger partial charge in [-0.15, -0.1) is 0 Å². The van der Waals surface area contributed by atoms with Crippen molar-refractivity contribution < 1.29 is 21.0 Å². The van der Waals surface area contributed by atoms with Crippen molar-refractivity contribution in [2.45, 2.75) is 105 Å². The van der Waals surface area contributed by atoms with Gasteiger partial charge in [-0.2, -0.15) is 0 Å². The summed E-state index contributed by atoms with van der Waals surface area (Å²) in [5, 5.41) is 0. The van der Waals surface area contributed by atoms with Gasteiger partial charge in [-0.05, 0) is 67.4 Å². The minimum absolute atomic E-state index is 0.164. The Hall–Kier alpha value is -3.30. The fraction of sp³-hybridized carbons (Fsp3) is 0.500.